The molecule has 6 nitrogen and oxygen atoms in total. The molecule has 0 bridgehead atoms. The van der Waals surface area contributed by atoms with E-state index in [1.54, 1.807) is 0 Å². The van der Waals surface area contributed by atoms with Crippen molar-refractivity contribution in [3.63, 3.8) is 0 Å². The fraction of sp³-hybridized carbons (Fsp3) is 0.630. The predicted molar refractivity (Wildman–Crippen MR) is 127 cm³/mol. The molecule has 3 aliphatic rings. The number of aromatic amines is 1. The zero-order chi connectivity index (χ0) is 22.5. The molecule has 0 unspecified atom stereocenters. The molecule has 3 fully saturated rings. The van der Waals surface area contributed by atoms with Gasteiger partial charge in [0.15, 0.2) is 0 Å². The van der Waals surface area contributed by atoms with Crippen LogP contribution in [0.25, 0.3) is 0 Å². The first-order chi connectivity index (χ1) is 16.3. The fourth-order valence-electron chi connectivity index (χ4n) is 5.77. The van der Waals surface area contributed by atoms with Gasteiger partial charge in [-0.1, -0.05) is 36.8 Å². The van der Waals surface area contributed by atoms with Gasteiger partial charge in [0.1, 0.15) is 0 Å². The number of nitrogens with one attached hydrogen (secondary N) is 1. The number of nitrogens with zero attached hydrogens (tertiary/aromatic N) is 2. The Morgan fingerprint density at radius 2 is 1.79 bits per heavy atom. The normalized spacial score (nSPS) is 28.3. The fourth-order valence-corrected chi connectivity index (χ4v) is 5.77. The van der Waals surface area contributed by atoms with E-state index >= 15 is 0 Å². The zero-order valence-corrected chi connectivity index (χ0v) is 19.5. The van der Waals surface area contributed by atoms with Gasteiger partial charge in [-0.2, -0.15) is 5.10 Å². The molecule has 1 aromatic carbocycles. The van der Waals surface area contributed by atoms with Gasteiger partial charge < -0.3 is 14.4 Å². The lowest BCUT2D eigenvalue weighted by atomic mass is 9.82. The first kappa shape index (κ1) is 22.5. The van der Waals surface area contributed by atoms with Crippen LogP contribution < -0.4 is 0 Å². The zero-order valence-electron chi connectivity index (χ0n) is 19.5. The van der Waals surface area contributed by atoms with Crippen LogP contribution in [0.4, 0.5) is 4.79 Å². The quantitative estimate of drug-likeness (QED) is 0.592. The van der Waals surface area contributed by atoms with Gasteiger partial charge in [0.2, 0.25) is 0 Å². The third-order valence-corrected chi connectivity index (χ3v) is 8.03. The molecule has 2 heterocycles. The summed E-state index contributed by atoms with van der Waals surface area (Å²) in [5, 5.41) is 7.41. The van der Waals surface area contributed by atoms with Crippen LogP contribution in [0.15, 0.2) is 42.6 Å². The highest BCUT2D eigenvalue weighted by Crippen LogP contribution is 2.36. The molecular formula is C27H37N3O3. The Morgan fingerprint density at radius 3 is 2.48 bits per heavy atom. The largest absolute Gasteiger partial charge is 0.449 e. The third-order valence-electron chi connectivity index (χ3n) is 8.03. The number of rotatable bonds is 7. The van der Waals surface area contributed by atoms with Crippen molar-refractivity contribution in [1.82, 2.24) is 15.1 Å². The Balaban J connectivity index is 1.20. The van der Waals surface area contributed by atoms with E-state index in [0.717, 1.165) is 50.8 Å². The Morgan fingerprint density at radius 1 is 0.970 bits per heavy atom. The molecular weight excluding hydrogens is 414 g/mol. The van der Waals surface area contributed by atoms with Gasteiger partial charge in [-0.15, -0.1) is 0 Å². The molecule has 6 heteroatoms. The number of aromatic nitrogens is 2. The number of H-pyrrole nitrogens is 1. The second-order valence-corrected chi connectivity index (χ2v) is 10.1. The Bertz CT molecular complexity index is 860. The van der Waals surface area contributed by atoms with Gasteiger partial charge in [0.05, 0.1) is 31.1 Å². The lowest BCUT2D eigenvalue weighted by Gasteiger charge is -2.41. The molecule has 2 atom stereocenters. The first-order valence-corrected chi connectivity index (χ1v) is 12.9. The highest BCUT2D eigenvalue weighted by Gasteiger charge is 2.38. The number of carbonyl (C=O) groups is 1. The lowest BCUT2D eigenvalue weighted by Crippen LogP contribution is -2.51. The van der Waals surface area contributed by atoms with E-state index in [0.29, 0.717) is 25.0 Å². The minimum atomic E-state index is -0.177. The summed E-state index contributed by atoms with van der Waals surface area (Å²) >= 11 is 0. The number of benzene rings is 1. The van der Waals surface area contributed by atoms with E-state index in [2.05, 4.69) is 40.5 Å². The van der Waals surface area contributed by atoms with Crippen molar-refractivity contribution in [3.8, 4) is 0 Å². The number of likely N-dealkylation sites (tertiary alicyclic amines) is 1. The number of hydrogen-bond donors (Lipinski definition) is 1. The molecule has 2 aromatic rings. The summed E-state index contributed by atoms with van der Waals surface area (Å²) in [6.07, 6.45) is 12.0. The highest BCUT2D eigenvalue weighted by molar-refractivity contribution is 5.68. The number of ether oxygens (including phenoxy) is 2. The van der Waals surface area contributed by atoms with Crippen LogP contribution in [-0.4, -0.2) is 53.1 Å². The standard InChI is InChI=1S/C27H37N3O3/c31-27(33-18-20-6-4-7-20)30-17-5-10-24(25-15-16-28-29-25)26(30)19-32-23-13-11-22(12-14-23)21-8-2-1-3-9-21/h1-3,8-9,15-16,20,22-24,26H,4-7,10-14,17-19H2,(H,28,29)/t22-,23+,24-,26+/m1/s1. The maximum Gasteiger partial charge on any atom is 0.410 e. The minimum absolute atomic E-state index is 0.0252. The van der Waals surface area contributed by atoms with Crippen LogP contribution in [0, 0.1) is 5.92 Å². The van der Waals surface area contributed by atoms with E-state index in [9.17, 15) is 4.79 Å². The van der Waals surface area contributed by atoms with E-state index in [1.807, 2.05) is 17.2 Å². The van der Waals surface area contributed by atoms with Gasteiger partial charge >= 0.3 is 6.09 Å². The smallest absolute Gasteiger partial charge is 0.410 e. The maximum atomic E-state index is 13.0. The van der Waals surface area contributed by atoms with Crippen molar-refractivity contribution < 1.29 is 14.3 Å². The van der Waals surface area contributed by atoms with Gasteiger partial charge in [0.25, 0.3) is 0 Å². The lowest BCUT2D eigenvalue weighted by molar-refractivity contribution is -0.0287. The van der Waals surface area contributed by atoms with Crippen molar-refractivity contribution in [1.29, 1.82) is 0 Å². The summed E-state index contributed by atoms with van der Waals surface area (Å²) in [7, 11) is 0. The summed E-state index contributed by atoms with van der Waals surface area (Å²) in [6.45, 7) is 1.84. The Kier molecular flexibility index (Phi) is 7.30. The van der Waals surface area contributed by atoms with Gasteiger partial charge in [-0.3, -0.25) is 5.10 Å². The summed E-state index contributed by atoms with van der Waals surface area (Å²) in [5.74, 6) is 1.37. The molecule has 5 rings (SSSR count). The second-order valence-electron chi connectivity index (χ2n) is 10.1. The topological polar surface area (TPSA) is 67.5 Å². The minimum Gasteiger partial charge on any atom is -0.449 e. The van der Waals surface area contributed by atoms with Crippen molar-refractivity contribution in [2.45, 2.75) is 81.8 Å². The van der Waals surface area contributed by atoms with E-state index in [-0.39, 0.29) is 24.2 Å². The number of amides is 1. The molecule has 1 N–H and O–H groups in total. The molecule has 0 radical (unpaired) electrons. The Hall–Kier alpha value is -2.34. The van der Waals surface area contributed by atoms with Crippen LogP contribution in [-0.2, 0) is 9.47 Å². The van der Waals surface area contributed by atoms with E-state index < -0.39 is 0 Å². The summed E-state index contributed by atoms with van der Waals surface area (Å²) in [6, 6.07) is 12.9. The molecule has 1 amide bonds. The second kappa shape index (κ2) is 10.7. The molecule has 33 heavy (non-hydrogen) atoms. The average molecular weight is 452 g/mol. The average Bonchev–Trinajstić information content (AvgIpc) is 3.37. The van der Waals surface area contributed by atoms with Crippen LogP contribution in [0.2, 0.25) is 0 Å². The van der Waals surface area contributed by atoms with Crippen LogP contribution in [0.1, 0.15) is 80.9 Å². The van der Waals surface area contributed by atoms with Crippen molar-refractivity contribution in [3.05, 3.63) is 53.9 Å². The first-order valence-electron chi connectivity index (χ1n) is 12.9. The summed E-state index contributed by atoms with van der Waals surface area (Å²) in [5.41, 5.74) is 2.47. The molecule has 1 aromatic heterocycles. The Labute approximate surface area is 197 Å². The molecule has 178 valence electrons. The van der Waals surface area contributed by atoms with Crippen LogP contribution >= 0.6 is 0 Å². The SMILES string of the molecule is O=C(OCC1CCC1)N1CCC[C@H](c2cc[nH]n2)[C@@H]1CO[C@H]1CC[C@@H](c2ccccc2)CC1. The highest BCUT2D eigenvalue weighted by atomic mass is 16.6. The van der Waals surface area contributed by atoms with Crippen LogP contribution in [0.3, 0.4) is 0 Å². The van der Waals surface area contributed by atoms with Crippen molar-refractivity contribution in [2.75, 3.05) is 19.8 Å². The molecule has 1 aliphatic heterocycles. The van der Waals surface area contributed by atoms with Gasteiger partial charge in [-0.25, -0.2) is 4.79 Å². The van der Waals surface area contributed by atoms with Gasteiger partial charge in [0, 0.05) is 18.7 Å². The van der Waals surface area contributed by atoms with Gasteiger partial charge in [-0.05, 0) is 74.8 Å². The summed E-state index contributed by atoms with van der Waals surface area (Å²) in [4.78, 5) is 15.0. The molecule has 2 saturated carbocycles. The van der Waals surface area contributed by atoms with E-state index in [1.165, 1.54) is 24.8 Å². The van der Waals surface area contributed by atoms with Crippen molar-refractivity contribution >= 4 is 6.09 Å². The molecule has 2 aliphatic carbocycles. The molecule has 0 spiro atoms. The number of carbonyl (C=O) groups excluding carboxylic acids is 1. The van der Waals surface area contributed by atoms with Crippen molar-refractivity contribution in [2.24, 2.45) is 5.92 Å². The maximum absolute atomic E-state index is 13.0. The monoisotopic (exact) mass is 451 g/mol. The van der Waals surface area contributed by atoms with Crippen LogP contribution in [0.5, 0.6) is 0 Å². The number of piperidine rings is 1. The predicted octanol–water partition coefficient (Wildman–Crippen LogP) is 5.64. The number of hydrogen-bond acceptors (Lipinski definition) is 4. The molecule has 1 saturated heterocycles. The van der Waals surface area contributed by atoms with E-state index in [4.69, 9.17) is 9.47 Å². The summed E-state index contributed by atoms with van der Waals surface area (Å²) < 4.78 is 12.2. The third kappa shape index (κ3) is 5.43.